The normalized spacial score (nSPS) is 14.5. The summed E-state index contributed by atoms with van der Waals surface area (Å²) >= 11 is 0. The molecule has 0 heterocycles. The predicted octanol–water partition coefficient (Wildman–Crippen LogP) is 7.75. The number of alkyl halides is 3. The lowest BCUT2D eigenvalue weighted by Gasteiger charge is -2.32. The lowest BCUT2D eigenvalue weighted by Crippen LogP contribution is -2.42. The average Bonchev–Trinajstić information content (AvgIpc) is 3.69. The summed E-state index contributed by atoms with van der Waals surface area (Å²) in [6.45, 7) is 7.28. The van der Waals surface area contributed by atoms with Gasteiger partial charge in [0, 0.05) is 24.3 Å². The highest BCUT2D eigenvalue weighted by atomic mass is 19.4. The number of nitrogens with zero attached hydrogens (tertiary/aromatic N) is 1. The number of amides is 1. The number of aliphatic hydroxyl groups excluding tert-OH is 1. The van der Waals surface area contributed by atoms with E-state index in [1.165, 1.54) is 36.4 Å². The maximum atomic E-state index is 13.0. The lowest BCUT2D eigenvalue weighted by atomic mass is 9.98. The van der Waals surface area contributed by atoms with Gasteiger partial charge in [0.25, 0.3) is 5.91 Å². The van der Waals surface area contributed by atoms with Gasteiger partial charge in [-0.1, -0.05) is 57.5 Å². The van der Waals surface area contributed by atoms with Crippen molar-refractivity contribution in [3.05, 3.63) is 71.5 Å². The van der Waals surface area contributed by atoms with Gasteiger partial charge in [-0.2, -0.15) is 13.2 Å². The Labute approximate surface area is 207 Å². The van der Waals surface area contributed by atoms with Crippen LogP contribution in [0.25, 0.3) is 0 Å². The summed E-state index contributed by atoms with van der Waals surface area (Å²) in [6, 6.07) is 14.0. The van der Waals surface area contributed by atoms with Crippen LogP contribution in [0, 0.1) is 5.82 Å². The van der Waals surface area contributed by atoms with Crippen molar-refractivity contribution in [1.82, 2.24) is 4.90 Å². The molecule has 2 aromatic rings. The first-order valence-electron chi connectivity index (χ1n) is 12.5. The monoisotopic (exact) mass is 497 g/mol. The highest BCUT2D eigenvalue weighted by Gasteiger charge is 2.38. The molecule has 0 aromatic heterocycles. The molecule has 196 valence electrons. The Morgan fingerprint density at radius 2 is 1.60 bits per heavy atom. The van der Waals surface area contributed by atoms with E-state index < -0.39 is 12.1 Å². The third kappa shape index (κ3) is 10.4. The second-order valence-electron chi connectivity index (χ2n) is 8.43. The van der Waals surface area contributed by atoms with Crippen molar-refractivity contribution in [2.45, 2.75) is 90.4 Å². The highest BCUT2D eigenvalue weighted by Crippen LogP contribution is 2.35. The third-order valence-electron chi connectivity index (χ3n) is 5.77. The topological polar surface area (TPSA) is 40.5 Å². The van der Waals surface area contributed by atoms with Gasteiger partial charge in [0.05, 0.1) is 5.92 Å². The number of hydrogen-bond acceptors (Lipinski definition) is 2. The van der Waals surface area contributed by atoms with Crippen molar-refractivity contribution >= 4 is 5.91 Å². The first kappa shape index (κ1) is 30.6. The second-order valence-corrected chi connectivity index (χ2v) is 8.43. The SMILES string of the molecule is CC.CCCC(CCCO)N(C(=O)c1ccc(C(C)C(F)(F)F)cc1)C1CC1.Fc1ccccc1. The van der Waals surface area contributed by atoms with E-state index in [4.69, 9.17) is 5.11 Å². The fourth-order valence-electron chi connectivity index (χ4n) is 3.73. The number of rotatable bonds is 9. The number of hydrogen-bond donors (Lipinski definition) is 1. The van der Waals surface area contributed by atoms with E-state index in [-0.39, 0.29) is 36.0 Å². The summed E-state index contributed by atoms with van der Waals surface area (Å²) in [5.74, 6) is -1.85. The number of carbonyl (C=O) groups is 1. The molecule has 1 fully saturated rings. The zero-order valence-corrected chi connectivity index (χ0v) is 21.2. The van der Waals surface area contributed by atoms with E-state index in [0.717, 1.165) is 39.0 Å². The second kappa shape index (κ2) is 15.6. The Morgan fingerprint density at radius 3 is 2.00 bits per heavy atom. The summed E-state index contributed by atoms with van der Waals surface area (Å²) in [5, 5.41) is 9.13. The van der Waals surface area contributed by atoms with Crippen molar-refractivity contribution in [3.63, 3.8) is 0 Å². The number of aliphatic hydroxyl groups is 1. The maximum Gasteiger partial charge on any atom is 0.395 e. The zero-order valence-electron chi connectivity index (χ0n) is 21.2. The third-order valence-corrected chi connectivity index (χ3v) is 5.77. The van der Waals surface area contributed by atoms with Crippen LogP contribution in [0.2, 0.25) is 0 Å². The van der Waals surface area contributed by atoms with Crippen LogP contribution >= 0.6 is 0 Å². The van der Waals surface area contributed by atoms with E-state index in [1.807, 2.05) is 18.7 Å². The van der Waals surface area contributed by atoms with Crippen LogP contribution in [0.1, 0.15) is 88.1 Å². The molecule has 1 amide bonds. The largest absolute Gasteiger partial charge is 0.396 e. The standard InChI is InChI=1S/C20H28F3NO2.C6H5F.C2H6/c1-3-5-17(6-4-13-25)24(18-11-12-18)19(26)16-9-7-15(8-10-16)14(2)20(21,22)23;7-6-4-2-1-3-5-6;1-2/h7-10,14,17-18,25H,3-6,11-13H2,1-2H3;1-5H;1-2H3. The van der Waals surface area contributed by atoms with E-state index in [9.17, 15) is 22.4 Å². The molecule has 7 heteroatoms. The molecule has 1 aliphatic rings. The van der Waals surface area contributed by atoms with Crippen LogP contribution in [0.3, 0.4) is 0 Å². The van der Waals surface area contributed by atoms with Crippen molar-refractivity contribution in [3.8, 4) is 0 Å². The summed E-state index contributed by atoms with van der Waals surface area (Å²) in [4.78, 5) is 14.9. The highest BCUT2D eigenvalue weighted by molar-refractivity contribution is 5.95. The van der Waals surface area contributed by atoms with Crippen molar-refractivity contribution in [1.29, 1.82) is 0 Å². The fourth-order valence-corrected chi connectivity index (χ4v) is 3.73. The van der Waals surface area contributed by atoms with Gasteiger partial charge in [-0.05, 0) is 68.9 Å². The summed E-state index contributed by atoms with van der Waals surface area (Å²) in [7, 11) is 0. The van der Waals surface area contributed by atoms with Crippen molar-refractivity contribution in [2.24, 2.45) is 0 Å². The van der Waals surface area contributed by atoms with Gasteiger partial charge in [0.2, 0.25) is 0 Å². The first-order chi connectivity index (χ1) is 16.7. The molecule has 0 bridgehead atoms. The molecular weight excluding hydrogens is 458 g/mol. The van der Waals surface area contributed by atoms with Gasteiger partial charge < -0.3 is 10.0 Å². The number of halogens is 4. The summed E-state index contributed by atoms with van der Waals surface area (Å²) < 4.78 is 50.5. The molecule has 1 aliphatic carbocycles. The first-order valence-corrected chi connectivity index (χ1v) is 12.5. The van der Waals surface area contributed by atoms with Gasteiger partial charge in [-0.25, -0.2) is 4.39 Å². The summed E-state index contributed by atoms with van der Waals surface area (Å²) in [6.07, 6.45) is 0.837. The Balaban J connectivity index is 0.000000574. The lowest BCUT2D eigenvalue weighted by molar-refractivity contribution is -0.146. The molecule has 35 heavy (non-hydrogen) atoms. The van der Waals surface area contributed by atoms with Gasteiger partial charge in [0.1, 0.15) is 5.82 Å². The van der Waals surface area contributed by atoms with Crippen molar-refractivity contribution < 1.29 is 27.5 Å². The molecule has 0 saturated heterocycles. The minimum absolute atomic E-state index is 0.0703. The Kier molecular flexibility index (Phi) is 13.6. The molecule has 1 saturated carbocycles. The zero-order chi connectivity index (χ0) is 26.4. The molecule has 0 radical (unpaired) electrons. The smallest absolute Gasteiger partial charge is 0.395 e. The number of benzene rings is 2. The molecule has 1 N–H and O–H groups in total. The molecule has 3 rings (SSSR count). The van der Waals surface area contributed by atoms with Crippen LogP contribution in [0.15, 0.2) is 54.6 Å². The van der Waals surface area contributed by atoms with E-state index in [1.54, 1.807) is 18.2 Å². The Morgan fingerprint density at radius 1 is 1.03 bits per heavy atom. The molecule has 2 aromatic carbocycles. The van der Waals surface area contributed by atoms with Crippen LogP contribution < -0.4 is 0 Å². The van der Waals surface area contributed by atoms with E-state index in [2.05, 4.69) is 6.92 Å². The molecule has 2 unspecified atom stereocenters. The quantitative estimate of drug-likeness (QED) is 0.360. The molecule has 0 aliphatic heterocycles. The fraction of sp³-hybridized carbons (Fsp3) is 0.536. The van der Waals surface area contributed by atoms with Crippen LogP contribution in [-0.4, -0.2) is 40.8 Å². The van der Waals surface area contributed by atoms with Gasteiger partial charge in [-0.3, -0.25) is 4.79 Å². The van der Waals surface area contributed by atoms with Gasteiger partial charge in [-0.15, -0.1) is 0 Å². The van der Waals surface area contributed by atoms with E-state index >= 15 is 0 Å². The van der Waals surface area contributed by atoms with Gasteiger partial charge >= 0.3 is 6.18 Å². The molecule has 3 nitrogen and oxygen atoms in total. The maximum absolute atomic E-state index is 13.0. The minimum atomic E-state index is -4.29. The van der Waals surface area contributed by atoms with Gasteiger partial charge in [0.15, 0.2) is 0 Å². The van der Waals surface area contributed by atoms with Crippen molar-refractivity contribution in [2.75, 3.05) is 6.61 Å². The summed E-state index contributed by atoms with van der Waals surface area (Å²) in [5.41, 5.74) is 0.595. The average molecular weight is 498 g/mol. The molecular formula is C28H39F4NO2. The number of carbonyl (C=O) groups excluding carboxylic acids is 1. The van der Waals surface area contributed by atoms with Crippen LogP contribution in [-0.2, 0) is 0 Å². The van der Waals surface area contributed by atoms with Crippen LogP contribution in [0.4, 0.5) is 17.6 Å². The Hall–Kier alpha value is -2.41. The van der Waals surface area contributed by atoms with E-state index in [0.29, 0.717) is 12.0 Å². The molecule has 2 atom stereocenters. The minimum Gasteiger partial charge on any atom is -0.396 e. The van der Waals surface area contributed by atoms with Crippen LogP contribution in [0.5, 0.6) is 0 Å². The molecule has 0 spiro atoms. The predicted molar refractivity (Wildman–Crippen MR) is 133 cm³/mol. The Bertz CT molecular complexity index is 836.